The number of aromatic nitrogens is 1. The molecule has 31 heavy (non-hydrogen) atoms. The summed E-state index contributed by atoms with van der Waals surface area (Å²) in [4.78, 5) is 17.7. The second-order valence-electron chi connectivity index (χ2n) is 7.58. The lowest BCUT2D eigenvalue weighted by Gasteiger charge is -2.35. The maximum Gasteiger partial charge on any atom is 0.337 e. The van der Waals surface area contributed by atoms with Crippen LogP contribution in [0.15, 0.2) is 54.9 Å². The molecule has 0 aliphatic carbocycles. The summed E-state index contributed by atoms with van der Waals surface area (Å²) in [6, 6.07) is 12.3. The zero-order valence-corrected chi connectivity index (χ0v) is 17.4. The summed E-state index contributed by atoms with van der Waals surface area (Å²) in [6.07, 6.45) is 3.84. The van der Waals surface area contributed by atoms with Crippen LogP contribution in [0, 0.1) is 5.82 Å². The number of methoxy groups -OCH3 is 1. The first-order valence-corrected chi connectivity index (χ1v) is 10.1. The van der Waals surface area contributed by atoms with Crippen LogP contribution < -0.4 is 10.1 Å². The Morgan fingerprint density at radius 2 is 2.16 bits per heavy atom. The fourth-order valence-corrected chi connectivity index (χ4v) is 4.14. The minimum absolute atomic E-state index is 0.0437. The molecule has 6 nitrogen and oxygen atoms in total. The van der Waals surface area contributed by atoms with Gasteiger partial charge in [0.2, 0.25) is 0 Å². The second-order valence-corrected chi connectivity index (χ2v) is 7.58. The number of hydrogen-bond donors (Lipinski definition) is 2. The van der Waals surface area contributed by atoms with Gasteiger partial charge in [0.05, 0.1) is 36.2 Å². The standard InChI is InChI=1S/C24H24FN3O3/c1-28-11-9-15-12-16(23-19(25)4-3-5-22(23)31-2)6-7-17(15)21(28)14-27-20-13-26-10-8-18(20)24(29)30/h3-8,10,12-13,21,27H,9,11,14H2,1-2H3,(H,29,30). The van der Waals surface area contributed by atoms with Crippen molar-refractivity contribution in [3.05, 3.63) is 77.4 Å². The summed E-state index contributed by atoms with van der Waals surface area (Å²) in [5.74, 6) is -0.808. The largest absolute Gasteiger partial charge is 0.496 e. The quantitative estimate of drug-likeness (QED) is 0.620. The Morgan fingerprint density at radius 3 is 2.94 bits per heavy atom. The van der Waals surface area contributed by atoms with Gasteiger partial charge in [-0.2, -0.15) is 0 Å². The highest BCUT2D eigenvalue weighted by Crippen LogP contribution is 2.37. The van der Waals surface area contributed by atoms with Gasteiger partial charge in [0.25, 0.3) is 0 Å². The number of aromatic carboxylic acids is 1. The van der Waals surface area contributed by atoms with E-state index in [0.717, 1.165) is 29.7 Å². The predicted octanol–water partition coefficient (Wildman–Crippen LogP) is 4.24. The Balaban J connectivity index is 1.64. The van der Waals surface area contributed by atoms with Crippen molar-refractivity contribution in [3.8, 4) is 16.9 Å². The van der Waals surface area contributed by atoms with Crippen LogP contribution in [0.3, 0.4) is 0 Å². The minimum Gasteiger partial charge on any atom is -0.496 e. The number of nitrogens with one attached hydrogen (secondary N) is 1. The van der Waals surface area contributed by atoms with Crippen LogP contribution in [0.25, 0.3) is 11.1 Å². The van der Waals surface area contributed by atoms with Gasteiger partial charge in [0.1, 0.15) is 11.6 Å². The number of carboxylic acids is 1. The van der Waals surface area contributed by atoms with Gasteiger partial charge >= 0.3 is 5.97 Å². The van der Waals surface area contributed by atoms with E-state index in [0.29, 0.717) is 23.5 Å². The van der Waals surface area contributed by atoms with Crippen LogP contribution in [0.5, 0.6) is 5.75 Å². The smallest absolute Gasteiger partial charge is 0.337 e. The van der Waals surface area contributed by atoms with Gasteiger partial charge in [0, 0.05) is 19.3 Å². The van der Waals surface area contributed by atoms with Gasteiger partial charge in [0.15, 0.2) is 0 Å². The van der Waals surface area contributed by atoms with Gasteiger partial charge in [-0.25, -0.2) is 9.18 Å². The number of carbonyl (C=O) groups is 1. The molecule has 1 aromatic heterocycles. The Hall–Kier alpha value is -3.45. The van der Waals surface area contributed by atoms with Crippen LogP contribution in [0.2, 0.25) is 0 Å². The molecule has 2 aromatic carbocycles. The molecule has 1 unspecified atom stereocenters. The van der Waals surface area contributed by atoms with E-state index in [-0.39, 0.29) is 17.4 Å². The topological polar surface area (TPSA) is 74.7 Å². The molecule has 0 fully saturated rings. The highest BCUT2D eigenvalue weighted by molar-refractivity contribution is 5.93. The summed E-state index contributed by atoms with van der Waals surface area (Å²) in [5, 5.41) is 12.6. The molecule has 4 rings (SSSR count). The molecule has 3 aromatic rings. The monoisotopic (exact) mass is 421 g/mol. The van der Waals surface area contributed by atoms with Crippen LogP contribution in [-0.4, -0.2) is 48.2 Å². The van der Waals surface area contributed by atoms with Gasteiger partial charge in [-0.05, 0) is 48.4 Å². The number of rotatable bonds is 6. The van der Waals surface area contributed by atoms with Crippen LogP contribution in [0.4, 0.5) is 10.1 Å². The van der Waals surface area contributed by atoms with Crippen LogP contribution in [-0.2, 0) is 6.42 Å². The van der Waals surface area contributed by atoms with E-state index in [9.17, 15) is 14.3 Å². The lowest BCUT2D eigenvalue weighted by molar-refractivity contribution is 0.0697. The van der Waals surface area contributed by atoms with Gasteiger partial charge in [-0.3, -0.25) is 9.88 Å². The predicted molar refractivity (Wildman–Crippen MR) is 117 cm³/mol. The van der Waals surface area contributed by atoms with Crippen LogP contribution in [0.1, 0.15) is 27.5 Å². The summed E-state index contributed by atoms with van der Waals surface area (Å²) in [6.45, 7) is 1.37. The van der Waals surface area contributed by atoms with E-state index in [2.05, 4.69) is 15.2 Å². The Morgan fingerprint density at radius 1 is 1.32 bits per heavy atom. The molecule has 0 amide bonds. The molecule has 0 saturated heterocycles. The molecule has 1 aliphatic rings. The van der Waals surface area contributed by atoms with Crippen LogP contribution >= 0.6 is 0 Å². The van der Waals surface area contributed by atoms with E-state index >= 15 is 0 Å². The SMILES string of the molecule is COc1cccc(F)c1-c1ccc2c(c1)CCN(C)C2CNc1cnccc1C(=O)O. The second kappa shape index (κ2) is 8.73. The summed E-state index contributed by atoms with van der Waals surface area (Å²) >= 11 is 0. The summed E-state index contributed by atoms with van der Waals surface area (Å²) in [5.41, 5.74) is 4.21. The number of pyridine rings is 1. The number of nitrogens with zero attached hydrogens (tertiary/aromatic N) is 2. The third-order valence-corrected chi connectivity index (χ3v) is 5.79. The summed E-state index contributed by atoms with van der Waals surface area (Å²) < 4.78 is 19.9. The van der Waals surface area contributed by atoms with E-state index < -0.39 is 5.97 Å². The Kier molecular flexibility index (Phi) is 5.86. The van der Waals surface area contributed by atoms with E-state index in [4.69, 9.17) is 4.74 Å². The molecule has 1 aliphatic heterocycles. The first-order chi connectivity index (χ1) is 15.0. The van der Waals surface area contributed by atoms with Crippen molar-refractivity contribution in [1.82, 2.24) is 9.88 Å². The zero-order valence-electron chi connectivity index (χ0n) is 17.4. The van der Waals surface area contributed by atoms with Crippen molar-refractivity contribution in [2.75, 3.05) is 32.6 Å². The number of benzene rings is 2. The number of halogens is 1. The maximum absolute atomic E-state index is 14.6. The molecule has 0 bridgehead atoms. The molecule has 160 valence electrons. The molecule has 2 N–H and O–H groups in total. The molecule has 0 radical (unpaired) electrons. The van der Waals surface area contributed by atoms with Gasteiger partial charge < -0.3 is 15.2 Å². The van der Waals surface area contributed by atoms with E-state index in [1.165, 1.54) is 31.6 Å². The van der Waals surface area contributed by atoms with Crippen molar-refractivity contribution in [1.29, 1.82) is 0 Å². The number of ether oxygens (including phenoxy) is 1. The maximum atomic E-state index is 14.6. The molecular weight excluding hydrogens is 397 g/mol. The fourth-order valence-electron chi connectivity index (χ4n) is 4.14. The van der Waals surface area contributed by atoms with Crippen molar-refractivity contribution in [2.24, 2.45) is 0 Å². The van der Waals surface area contributed by atoms with Crippen molar-refractivity contribution >= 4 is 11.7 Å². The Labute approximate surface area is 180 Å². The zero-order chi connectivity index (χ0) is 22.0. The number of hydrogen-bond acceptors (Lipinski definition) is 5. The number of carboxylic acid groups (broad SMARTS) is 1. The number of anilines is 1. The molecular formula is C24H24FN3O3. The molecule has 0 spiro atoms. The average Bonchev–Trinajstić information content (AvgIpc) is 2.78. The van der Waals surface area contributed by atoms with Gasteiger partial charge in [-0.1, -0.05) is 24.3 Å². The van der Waals surface area contributed by atoms with E-state index in [1.807, 2.05) is 25.2 Å². The first kappa shape index (κ1) is 20.8. The highest BCUT2D eigenvalue weighted by Gasteiger charge is 2.26. The fraction of sp³-hybridized carbons (Fsp3) is 0.250. The molecule has 2 heterocycles. The lowest BCUT2D eigenvalue weighted by atomic mass is 9.89. The lowest BCUT2D eigenvalue weighted by Crippen LogP contribution is -2.36. The third kappa shape index (κ3) is 4.09. The average molecular weight is 421 g/mol. The molecule has 7 heteroatoms. The minimum atomic E-state index is -0.995. The van der Waals surface area contributed by atoms with Crippen molar-refractivity contribution in [3.63, 3.8) is 0 Å². The molecule has 1 atom stereocenters. The Bertz CT molecular complexity index is 1120. The summed E-state index contributed by atoms with van der Waals surface area (Å²) in [7, 11) is 3.58. The first-order valence-electron chi connectivity index (χ1n) is 10.1. The number of fused-ring (bicyclic) bond motifs is 1. The molecule has 0 saturated carbocycles. The van der Waals surface area contributed by atoms with Gasteiger partial charge in [-0.15, -0.1) is 0 Å². The highest BCUT2D eigenvalue weighted by atomic mass is 19.1. The number of likely N-dealkylation sites (N-methyl/N-ethyl adjacent to an activating group) is 1. The third-order valence-electron chi connectivity index (χ3n) is 5.79. The van der Waals surface area contributed by atoms with Crippen molar-refractivity contribution < 1.29 is 19.0 Å². The van der Waals surface area contributed by atoms with E-state index in [1.54, 1.807) is 12.1 Å². The van der Waals surface area contributed by atoms with Crippen molar-refractivity contribution in [2.45, 2.75) is 12.5 Å². The normalized spacial score (nSPS) is 15.9.